The molecule has 0 aromatic rings. The SMILES string of the molecule is NCCCCC(=O)Cl. The van der Waals surface area contributed by atoms with E-state index >= 15 is 0 Å². The predicted molar refractivity (Wildman–Crippen MR) is 33.8 cm³/mol. The number of hydrogen-bond acceptors (Lipinski definition) is 2. The first kappa shape index (κ1) is 7.92. The van der Waals surface area contributed by atoms with Gasteiger partial charge in [-0.15, -0.1) is 0 Å². The van der Waals surface area contributed by atoms with Crippen molar-refractivity contribution in [3.63, 3.8) is 0 Å². The maximum absolute atomic E-state index is 10.0. The summed E-state index contributed by atoms with van der Waals surface area (Å²) in [7, 11) is 0. The van der Waals surface area contributed by atoms with Crippen molar-refractivity contribution in [3.05, 3.63) is 0 Å². The number of unbranched alkanes of at least 4 members (excludes halogenated alkanes) is 1. The number of carbonyl (C=O) groups is 1. The van der Waals surface area contributed by atoms with Crippen LogP contribution in [0.2, 0.25) is 0 Å². The summed E-state index contributed by atoms with van der Waals surface area (Å²) in [5.41, 5.74) is 5.16. The summed E-state index contributed by atoms with van der Waals surface area (Å²) in [5, 5.41) is -0.265. The van der Waals surface area contributed by atoms with Crippen molar-refractivity contribution < 1.29 is 4.79 Å². The minimum Gasteiger partial charge on any atom is -0.330 e. The van der Waals surface area contributed by atoms with E-state index in [9.17, 15) is 4.79 Å². The minimum atomic E-state index is -0.265. The number of hydrogen-bond donors (Lipinski definition) is 1. The number of halogens is 1. The Hall–Kier alpha value is -0.0800. The second-order valence-electron chi connectivity index (χ2n) is 1.60. The molecule has 0 fully saturated rings. The van der Waals surface area contributed by atoms with E-state index in [1.165, 1.54) is 0 Å². The van der Waals surface area contributed by atoms with E-state index < -0.39 is 0 Å². The van der Waals surface area contributed by atoms with Gasteiger partial charge in [0.2, 0.25) is 5.24 Å². The molecule has 0 spiro atoms. The zero-order chi connectivity index (χ0) is 6.41. The average Bonchev–Trinajstić information content (AvgIpc) is 1.66. The molecular formula is C5H10ClNO. The molecule has 0 aliphatic heterocycles. The van der Waals surface area contributed by atoms with Crippen LogP contribution in [-0.4, -0.2) is 11.8 Å². The molecule has 0 atom stereocenters. The van der Waals surface area contributed by atoms with Gasteiger partial charge in [0, 0.05) is 6.42 Å². The standard InChI is InChI=1S/C5H10ClNO/c6-5(8)3-1-2-4-7/h1-4,7H2. The summed E-state index contributed by atoms with van der Waals surface area (Å²) >= 11 is 5.03. The van der Waals surface area contributed by atoms with Crippen LogP contribution in [0.3, 0.4) is 0 Å². The summed E-state index contributed by atoms with van der Waals surface area (Å²) in [5.74, 6) is 0. The Balaban J connectivity index is 2.82. The molecular weight excluding hydrogens is 126 g/mol. The van der Waals surface area contributed by atoms with Crippen LogP contribution in [0.15, 0.2) is 0 Å². The van der Waals surface area contributed by atoms with Gasteiger partial charge in [0.05, 0.1) is 0 Å². The van der Waals surface area contributed by atoms with Crippen molar-refractivity contribution in [1.29, 1.82) is 0 Å². The summed E-state index contributed by atoms with van der Waals surface area (Å²) in [6.45, 7) is 0.643. The van der Waals surface area contributed by atoms with Crippen molar-refractivity contribution in [2.75, 3.05) is 6.54 Å². The lowest BCUT2D eigenvalue weighted by Gasteiger charge is -1.89. The highest BCUT2D eigenvalue weighted by atomic mass is 35.5. The molecule has 3 heteroatoms. The number of rotatable bonds is 4. The maximum Gasteiger partial charge on any atom is 0.221 e. The fourth-order valence-corrected chi connectivity index (χ4v) is 0.542. The van der Waals surface area contributed by atoms with Crippen molar-refractivity contribution in [3.8, 4) is 0 Å². The Morgan fingerprint density at radius 1 is 1.50 bits per heavy atom. The first-order valence-electron chi connectivity index (χ1n) is 2.65. The van der Waals surface area contributed by atoms with Crippen LogP contribution in [0.5, 0.6) is 0 Å². The predicted octanol–water partition coefficient (Wildman–Crippen LogP) is 0.881. The van der Waals surface area contributed by atoms with Gasteiger partial charge in [0.15, 0.2) is 0 Å². The molecule has 0 rings (SSSR count). The van der Waals surface area contributed by atoms with Gasteiger partial charge in [-0.2, -0.15) is 0 Å². The Morgan fingerprint density at radius 3 is 2.50 bits per heavy atom. The van der Waals surface area contributed by atoms with Gasteiger partial charge in [0.25, 0.3) is 0 Å². The van der Waals surface area contributed by atoms with Gasteiger partial charge in [-0.1, -0.05) is 0 Å². The summed E-state index contributed by atoms with van der Waals surface area (Å²) in [6.07, 6.45) is 2.16. The monoisotopic (exact) mass is 135 g/mol. The molecule has 8 heavy (non-hydrogen) atoms. The molecule has 0 amide bonds. The van der Waals surface area contributed by atoms with Gasteiger partial charge in [-0.05, 0) is 31.0 Å². The first-order valence-corrected chi connectivity index (χ1v) is 3.03. The van der Waals surface area contributed by atoms with E-state index in [0.717, 1.165) is 12.8 Å². The third kappa shape index (κ3) is 5.92. The van der Waals surface area contributed by atoms with E-state index in [1.807, 2.05) is 0 Å². The highest BCUT2D eigenvalue weighted by Crippen LogP contribution is 1.96. The highest BCUT2D eigenvalue weighted by molar-refractivity contribution is 6.63. The smallest absolute Gasteiger partial charge is 0.221 e. The average molecular weight is 136 g/mol. The summed E-state index contributed by atoms with van der Waals surface area (Å²) < 4.78 is 0. The number of carbonyl (C=O) groups excluding carboxylic acids is 1. The summed E-state index contributed by atoms with van der Waals surface area (Å²) in [6, 6.07) is 0. The van der Waals surface area contributed by atoms with Crippen molar-refractivity contribution in [2.45, 2.75) is 19.3 Å². The van der Waals surface area contributed by atoms with Crippen LogP contribution < -0.4 is 5.73 Å². The fraction of sp³-hybridized carbons (Fsp3) is 0.800. The van der Waals surface area contributed by atoms with E-state index in [0.29, 0.717) is 13.0 Å². The molecule has 0 aliphatic rings. The van der Waals surface area contributed by atoms with Crippen LogP contribution in [0.25, 0.3) is 0 Å². The van der Waals surface area contributed by atoms with Crippen LogP contribution >= 0.6 is 11.6 Å². The van der Waals surface area contributed by atoms with Crippen LogP contribution in [0.1, 0.15) is 19.3 Å². The molecule has 2 N–H and O–H groups in total. The zero-order valence-corrected chi connectivity index (χ0v) is 5.45. The highest BCUT2D eigenvalue weighted by Gasteiger charge is 1.92. The molecule has 48 valence electrons. The molecule has 0 heterocycles. The third-order valence-electron chi connectivity index (χ3n) is 0.827. The van der Waals surface area contributed by atoms with Gasteiger partial charge in [0.1, 0.15) is 0 Å². The lowest BCUT2D eigenvalue weighted by molar-refractivity contribution is -0.111. The minimum absolute atomic E-state index is 0.265. The van der Waals surface area contributed by atoms with E-state index in [-0.39, 0.29) is 5.24 Å². The lowest BCUT2D eigenvalue weighted by atomic mass is 10.2. The third-order valence-corrected chi connectivity index (χ3v) is 1.02. The Kier molecular flexibility index (Phi) is 5.01. The van der Waals surface area contributed by atoms with E-state index in [2.05, 4.69) is 0 Å². The second kappa shape index (κ2) is 5.06. The largest absolute Gasteiger partial charge is 0.330 e. The maximum atomic E-state index is 10.0. The quantitative estimate of drug-likeness (QED) is 0.460. The Morgan fingerprint density at radius 2 is 2.12 bits per heavy atom. The van der Waals surface area contributed by atoms with Crippen molar-refractivity contribution in [1.82, 2.24) is 0 Å². The molecule has 0 unspecified atom stereocenters. The van der Waals surface area contributed by atoms with Gasteiger partial charge >= 0.3 is 0 Å². The molecule has 0 saturated carbocycles. The van der Waals surface area contributed by atoms with Crippen molar-refractivity contribution >= 4 is 16.8 Å². The van der Waals surface area contributed by atoms with Gasteiger partial charge in [-0.25, -0.2) is 0 Å². The van der Waals surface area contributed by atoms with Crippen LogP contribution in [0.4, 0.5) is 0 Å². The molecule has 0 saturated heterocycles. The van der Waals surface area contributed by atoms with Crippen molar-refractivity contribution in [2.24, 2.45) is 5.73 Å². The normalized spacial score (nSPS) is 9.25. The second-order valence-corrected chi connectivity index (χ2v) is 2.02. The van der Waals surface area contributed by atoms with Crippen LogP contribution in [0, 0.1) is 0 Å². The Labute approximate surface area is 54.0 Å². The molecule has 2 nitrogen and oxygen atoms in total. The number of nitrogens with two attached hydrogens (primary N) is 1. The lowest BCUT2D eigenvalue weighted by Crippen LogP contribution is -1.98. The first-order chi connectivity index (χ1) is 3.77. The van der Waals surface area contributed by atoms with Crippen LogP contribution in [-0.2, 0) is 4.79 Å². The topological polar surface area (TPSA) is 43.1 Å². The molecule has 0 bridgehead atoms. The van der Waals surface area contributed by atoms with E-state index in [1.54, 1.807) is 0 Å². The molecule has 0 aliphatic carbocycles. The fourth-order valence-electron chi connectivity index (χ4n) is 0.408. The Bertz CT molecular complexity index is 74.8. The van der Waals surface area contributed by atoms with Gasteiger partial charge < -0.3 is 5.73 Å². The summed E-state index contributed by atoms with van der Waals surface area (Å²) in [4.78, 5) is 10.0. The van der Waals surface area contributed by atoms with Gasteiger partial charge in [-0.3, -0.25) is 4.79 Å². The molecule has 0 aromatic heterocycles. The molecule has 0 aromatic carbocycles. The zero-order valence-electron chi connectivity index (χ0n) is 4.69. The molecule has 0 radical (unpaired) electrons. The van der Waals surface area contributed by atoms with E-state index in [4.69, 9.17) is 17.3 Å².